The lowest BCUT2D eigenvalue weighted by molar-refractivity contribution is 0.0604. The summed E-state index contributed by atoms with van der Waals surface area (Å²) in [6, 6.07) is 9.12. The fraction of sp³-hybridized carbons (Fsp3) is 0.586. The van der Waals surface area contributed by atoms with Gasteiger partial charge in [-0.25, -0.2) is 9.97 Å². The monoisotopic (exact) mass is 539 g/mol. The third-order valence-electron chi connectivity index (χ3n) is 7.80. The minimum Gasteiger partial charge on any atom is -0.379 e. The predicted octanol–water partition coefficient (Wildman–Crippen LogP) is 5.11. The van der Waals surface area contributed by atoms with E-state index in [9.17, 15) is 0 Å². The van der Waals surface area contributed by atoms with Crippen LogP contribution in [0.3, 0.4) is 0 Å². The first-order valence-electron chi connectivity index (χ1n) is 14.2. The Hall–Kier alpha value is -2.39. The van der Waals surface area contributed by atoms with Crippen LogP contribution in [0.5, 0.6) is 0 Å². The number of halogens is 1. The zero-order valence-electron chi connectivity index (χ0n) is 23.0. The highest BCUT2D eigenvalue weighted by Gasteiger charge is 2.22. The van der Waals surface area contributed by atoms with Crippen molar-refractivity contribution < 1.29 is 4.74 Å². The van der Waals surface area contributed by atoms with E-state index in [1.54, 1.807) is 6.20 Å². The second-order valence-corrected chi connectivity index (χ2v) is 11.2. The van der Waals surface area contributed by atoms with E-state index in [1.165, 1.54) is 5.69 Å². The maximum Gasteiger partial charge on any atom is 0.159 e. The first-order valence-corrected chi connectivity index (χ1v) is 14.6. The molecule has 2 saturated heterocycles. The Morgan fingerprint density at radius 2 is 1.84 bits per heavy atom. The van der Waals surface area contributed by atoms with Gasteiger partial charge in [-0.1, -0.05) is 18.5 Å². The molecule has 3 aromatic rings. The average Bonchev–Trinajstić information content (AvgIpc) is 3.23. The second kappa shape index (κ2) is 12.6. The number of ether oxygens (including phenoxy) is 1. The highest BCUT2D eigenvalue weighted by molar-refractivity contribution is 6.34. The molecule has 4 heterocycles. The van der Waals surface area contributed by atoms with Gasteiger partial charge < -0.3 is 24.8 Å². The van der Waals surface area contributed by atoms with Gasteiger partial charge in [-0.15, -0.1) is 0 Å². The number of aromatic amines is 1. The molecule has 0 unspecified atom stereocenters. The first-order chi connectivity index (χ1) is 18.5. The van der Waals surface area contributed by atoms with Crippen molar-refractivity contribution in [2.45, 2.75) is 52.2 Å². The summed E-state index contributed by atoms with van der Waals surface area (Å²) < 4.78 is 5.75. The van der Waals surface area contributed by atoms with Crippen molar-refractivity contribution in [1.29, 1.82) is 0 Å². The normalized spacial score (nSPS) is 18.4. The minimum atomic E-state index is 0.295. The van der Waals surface area contributed by atoms with Crippen LogP contribution in [0.25, 0.3) is 22.6 Å². The van der Waals surface area contributed by atoms with Gasteiger partial charge in [-0.3, -0.25) is 4.90 Å². The van der Waals surface area contributed by atoms with Crippen LogP contribution < -0.4 is 10.2 Å². The van der Waals surface area contributed by atoms with Gasteiger partial charge in [0, 0.05) is 56.6 Å². The number of hydrogen-bond acceptors (Lipinski definition) is 7. The molecule has 38 heavy (non-hydrogen) atoms. The molecule has 2 fully saturated rings. The van der Waals surface area contributed by atoms with Crippen molar-refractivity contribution >= 4 is 34.1 Å². The number of fused-ring (bicyclic) bond motifs is 1. The number of imidazole rings is 1. The molecule has 0 saturated carbocycles. The van der Waals surface area contributed by atoms with E-state index in [1.807, 2.05) is 0 Å². The van der Waals surface area contributed by atoms with E-state index in [4.69, 9.17) is 21.3 Å². The summed E-state index contributed by atoms with van der Waals surface area (Å²) in [5, 5.41) is 4.30. The maximum atomic E-state index is 6.60. The first kappa shape index (κ1) is 27.2. The van der Waals surface area contributed by atoms with Crippen LogP contribution in [0.15, 0.2) is 30.5 Å². The zero-order valence-corrected chi connectivity index (χ0v) is 23.8. The van der Waals surface area contributed by atoms with Crippen LogP contribution >= 0.6 is 11.6 Å². The fourth-order valence-corrected chi connectivity index (χ4v) is 5.70. The molecular weight excluding hydrogens is 498 g/mol. The van der Waals surface area contributed by atoms with E-state index >= 15 is 0 Å². The number of anilines is 2. The number of aromatic nitrogens is 3. The summed E-state index contributed by atoms with van der Waals surface area (Å²) in [5.41, 5.74) is 4.76. The molecule has 2 aliphatic heterocycles. The standard InChI is InChI=1S/C29H42ClN7O/c1-4-35-14-10-23(11-15-35)32-26-25(30)20-31-29-27(26)33-28(34-29)22-6-8-24(9-7-22)37-13-5-12-36(16-17-37)18-19-38-21(2)3/h6-9,20-21,23H,4-5,10-19H2,1-3H3,(H2,31,32,33,34). The van der Waals surface area contributed by atoms with Crippen LogP contribution in [0.4, 0.5) is 11.4 Å². The van der Waals surface area contributed by atoms with Gasteiger partial charge in [-0.2, -0.15) is 0 Å². The number of H-pyrrole nitrogens is 1. The SMILES string of the molecule is CCN1CCC(Nc2c(Cl)cnc3[nH]c(-c4ccc(N5CCCN(CCOC(C)C)CC5)cc4)nc23)CC1. The van der Waals surface area contributed by atoms with Crippen molar-refractivity contribution in [2.24, 2.45) is 0 Å². The van der Waals surface area contributed by atoms with E-state index in [0.717, 1.165) is 106 Å². The Bertz CT molecular complexity index is 1170. The number of likely N-dealkylation sites (tertiary alicyclic amines) is 1. The number of hydrogen-bond donors (Lipinski definition) is 2. The fourth-order valence-electron chi connectivity index (χ4n) is 5.50. The van der Waals surface area contributed by atoms with Crippen molar-refractivity contribution in [3.63, 3.8) is 0 Å². The molecule has 8 nitrogen and oxygen atoms in total. The molecule has 9 heteroatoms. The molecule has 0 atom stereocenters. The molecule has 0 spiro atoms. The molecule has 0 amide bonds. The number of piperidine rings is 1. The minimum absolute atomic E-state index is 0.295. The van der Waals surface area contributed by atoms with E-state index in [0.29, 0.717) is 17.2 Å². The molecule has 0 radical (unpaired) electrons. The number of nitrogens with one attached hydrogen (secondary N) is 2. The molecule has 1 aromatic carbocycles. The van der Waals surface area contributed by atoms with E-state index in [2.05, 4.69) is 75.0 Å². The average molecular weight is 540 g/mol. The molecule has 0 bridgehead atoms. The van der Waals surface area contributed by atoms with E-state index in [-0.39, 0.29) is 0 Å². The molecule has 5 rings (SSSR count). The van der Waals surface area contributed by atoms with Gasteiger partial charge in [0.05, 0.1) is 29.6 Å². The van der Waals surface area contributed by atoms with Crippen molar-refractivity contribution in [3.8, 4) is 11.4 Å². The molecule has 2 N–H and O–H groups in total. The summed E-state index contributed by atoms with van der Waals surface area (Å²) >= 11 is 6.60. The van der Waals surface area contributed by atoms with Crippen LogP contribution in [0.1, 0.15) is 40.0 Å². The number of benzene rings is 1. The highest BCUT2D eigenvalue weighted by atomic mass is 35.5. The Labute approximate surface area is 231 Å². The number of pyridine rings is 1. The molecule has 2 aromatic heterocycles. The number of rotatable bonds is 9. The smallest absolute Gasteiger partial charge is 0.159 e. The van der Waals surface area contributed by atoms with Crippen LogP contribution in [0.2, 0.25) is 5.02 Å². The maximum absolute atomic E-state index is 6.60. The Morgan fingerprint density at radius 3 is 2.58 bits per heavy atom. The molecule has 206 valence electrons. The Kier molecular flexibility index (Phi) is 9.05. The quantitative estimate of drug-likeness (QED) is 0.391. The second-order valence-electron chi connectivity index (χ2n) is 10.8. The third kappa shape index (κ3) is 6.60. The van der Waals surface area contributed by atoms with Gasteiger partial charge in [0.15, 0.2) is 5.65 Å². The summed E-state index contributed by atoms with van der Waals surface area (Å²) in [6.45, 7) is 15.8. The number of nitrogens with zero attached hydrogens (tertiary/aromatic N) is 5. The summed E-state index contributed by atoms with van der Waals surface area (Å²) in [4.78, 5) is 20.4. The third-order valence-corrected chi connectivity index (χ3v) is 8.09. The topological polar surface area (TPSA) is 72.6 Å². The van der Waals surface area contributed by atoms with Crippen molar-refractivity contribution in [1.82, 2.24) is 24.8 Å². The summed E-state index contributed by atoms with van der Waals surface area (Å²) in [5.74, 6) is 0.817. The Balaban J connectivity index is 1.25. The summed E-state index contributed by atoms with van der Waals surface area (Å²) in [6.07, 6.45) is 5.38. The molecule has 2 aliphatic rings. The van der Waals surface area contributed by atoms with Gasteiger partial charge in [0.25, 0.3) is 0 Å². The van der Waals surface area contributed by atoms with Crippen LogP contribution in [-0.4, -0.2) is 95.9 Å². The van der Waals surface area contributed by atoms with Gasteiger partial charge in [0.1, 0.15) is 11.3 Å². The zero-order chi connectivity index (χ0) is 26.5. The van der Waals surface area contributed by atoms with Gasteiger partial charge >= 0.3 is 0 Å². The summed E-state index contributed by atoms with van der Waals surface area (Å²) in [7, 11) is 0. The van der Waals surface area contributed by atoms with Crippen LogP contribution in [0, 0.1) is 0 Å². The van der Waals surface area contributed by atoms with Crippen molar-refractivity contribution in [3.05, 3.63) is 35.5 Å². The lowest BCUT2D eigenvalue weighted by Gasteiger charge is -2.32. The molecular formula is C29H42ClN7O. The lowest BCUT2D eigenvalue weighted by atomic mass is 10.0. The van der Waals surface area contributed by atoms with Gasteiger partial charge in [0.2, 0.25) is 0 Å². The Morgan fingerprint density at radius 1 is 1.05 bits per heavy atom. The van der Waals surface area contributed by atoms with E-state index < -0.39 is 0 Å². The highest BCUT2D eigenvalue weighted by Crippen LogP contribution is 2.32. The lowest BCUT2D eigenvalue weighted by Crippen LogP contribution is -2.38. The van der Waals surface area contributed by atoms with Crippen molar-refractivity contribution in [2.75, 3.05) is 69.2 Å². The molecule has 0 aliphatic carbocycles. The predicted molar refractivity (Wildman–Crippen MR) is 157 cm³/mol. The van der Waals surface area contributed by atoms with Gasteiger partial charge in [-0.05, 0) is 70.5 Å². The van der Waals surface area contributed by atoms with Crippen LogP contribution in [-0.2, 0) is 4.74 Å². The largest absolute Gasteiger partial charge is 0.379 e.